The molecule has 0 saturated carbocycles. The maximum Gasteiger partial charge on any atom is 0.251 e. The molecule has 3 aromatic carbocycles. The van der Waals surface area contributed by atoms with E-state index < -0.39 is 0 Å². The molecule has 0 fully saturated rings. The van der Waals surface area contributed by atoms with Crippen molar-refractivity contribution >= 4 is 29.3 Å². The van der Waals surface area contributed by atoms with E-state index in [4.69, 9.17) is 0 Å². The average molecular weight is 421 g/mol. The summed E-state index contributed by atoms with van der Waals surface area (Å²) in [6, 6.07) is 21.5. The lowest BCUT2D eigenvalue weighted by molar-refractivity contribution is -0.116. The van der Waals surface area contributed by atoms with E-state index in [9.17, 15) is 14.0 Å². The van der Waals surface area contributed by atoms with Crippen molar-refractivity contribution in [1.82, 2.24) is 5.32 Å². The van der Waals surface area contributed by atoms with Gasteiger partial charge in [0.25, 0.3) is 5.91 Å². The Morgan fingerprint density at radius 1 is 1.00 bits per heavy atom. The van der Waals surface area contributed by atoms with Crippen LogP contribution >= 0.6 is 11.8 Å². The van der Waals surface area contributed by atoms with Gasteiger partial charge in [-0.3, -0.25) is 9.59 Å². The van der Waals surface area contributed by atoms with Crippen molar-refractivity contribution in [3.63, 3.8) is 0 Å². The zero-order valence-corrected chi connectivity index (χ0v) is 17.1. The summed E-state index contributed by atoms with van der Waals surface area (Å²) in [6.07, 6.45) is 0.753. The predicted octanol–water partition coefficient (Wildman–Crippen LogP) is 4.44. The lowest BCUT2D eigenvalue weighted by atomic mass is 10.1. The molecule has 1 aliphatic rings. The summed E-state index contributed by atoms with van der Waals surface area (Å²) in [4.78, 5) is 27.8. The minimum atomic E-state index is -0.311. The number of anilines is 1. The van der Waals surface area contributed by atoms with E-state index in [1.807, 2.05) is 36.4 Å². The summed E-state index contributed by atoms with van der Waals surface area (Å²) in [5.41, 5.74) is 3.23. The molecule has 2 amide bonds. The second-order valence-electron chi connectivity index (χ2n) is 7.07. The summed E-state index contributed by atoms with van der Waals surface area (Å²) in [5, 5.41) is 2.95. The predicted molar refractivity (Wildman–Crippen MR) is 117 cm³/mol. The number of nitrogens with zero attached hydrogens (tertiary/aromatic N) is 1. The first kappa shape index (κ1) is 20.2. The van der Waals surface area contributed by atoms with E-state index in [0.717, 1.165) is 28.1 Å². The van der Waals surface area contributed by atoms with Crippen molar-refractivity contribution in [2.45, 2.75) is 17.9 Å². The molecule has 1 N–H and O–H groups in total. The fraction of sp³-hybridized carbons (Fsp3) is 0.167. The van der Waals surface area contributed by atoms with Gasteiger partial charge in [-0.1, -0.05) is 42.5 Å². The van der Waals surface area contributed by atoms with Gasteiger partial charge in [0.2, 0.25) is 5.91 Å². The van der Waals surface area contributed by atoms with Gasteiger partial charge in [0, 0.05) is 17.0 Å². The second kappa shape index (κ2) is 9.13. The van der Waals surface area contributed by atoms with E-state index >= 15 is 0 Å². The lowest BCUT2D eigenvalue weighted by Crippen LogP contribution is -2.35. The topological polar surface area (TPSA) is 49.4 Å². The zero-order chi connectivity index (χ0) is 20.9. The first-order valence-electron chi connectivity index (χ1n) is 9.74. The maximum atomic E-state index is 13.2. The zero-order valence-electron chi connectivity index (χ0n) is 16.3. The fourth-order valence-electron chi connectivity index (χ4n) is 3.36. The number of benzene rings is 3. The number of carbonyl (C=O) groups is 2. The largest absolute Gasteiger partial charge is 0.352 e. The first-order chi connectivity index (χ1) is 14.6. The van der Waals surface area contributed by atoms with Crippen molar-refractivity contribution in [1.29, 1.82) is 0 Å². The van der Waals surface area contributed by atoms with Crippen molar-refractivity contribution in [3.05, 3.63) is 95.3 Å². The Hall–Kier alpha value is -3.12. The number of amides is 2. The molecule has 1 aliphatic heterocycles. The fourth-order valence-corrected chi connectivity index (χ4v) is 4.27. The molecular formula is C24H21FN2O2S. The van der Waals surface area contributed by atoms with Gasteiger partial charge in [0.1, 0.15) is 5.82 Å². The van der Waals surface area contributed by atoms with E-state index in [2.05, 4.69) is 5.32 Å². The summed E-state index contributed by atoms with van der Waals surface area (Å²) in [7, 11) is 0. The molecule has 3 aromatic rings. The SMILES string of the molecule is O=C(NCCc1ccccc1)c1ccc2c(c1)N(Cc1ccc(F)cc1)C(=O)CS2. The molecule has 0 bridgehead atoms. The standard InChI is InChI=1S/C24H21FN2O2S/c25-20-9-6-18(7-10-20)15-27-21-14-19(8-11-22(21)30-16-23(27)28)24(29)26-13-12-17-4-2-1-3-5-17/h1-11,14H,12-13,15-16H2,(H,26,29). The number of thioether (sulfide) groups is 1. The van der Waals surface area contributed by atoms with Gasteiger partial charge in [-0.15, -0.1) is 11.8 Å². The van der Waals surface area contributed by atoms with Crippen molar-refractivity contribution in [2.75, 3.05) is 17.2 Å². The van der Waals surface area contributed by atoms with E-state index in [0.29, 0.717) is 24.4 Å². The average Bonchev–Trinajstić information content (AvgIpc) is 2.77. The Balaban J connectivity index is 1.48. The summed E-state index contributed by atoms with van der Waals surface area (Å²) < 4.78 is 13.2. The Morgan fingerprint density at radius 3 is 2.53 bits per heavy atom. The molecule has 4 rings (SSSR count). The molecule has 0 spiro atoms. The monoisotopic (exact) mass is 420 g/mol. The Labute approximate surface area is 179 Å². The first-order valence-corrected chi connectivity index (χ1v) is 10.7. The highest BCUT2D eigenvalue weighted by Crippen LogP contribution is 2.36. The van der Waals surface area contributed by atoms with E-state index in [-0.39, 0.29) is 17.6 Å². The molecule has 0 saturated heterocycles. The summed E-state index contributed by atoms with van der Waals surface area (Å²) in [5.74, 6) is -0.164. The summed E-state index contributed by atoms with van der Waals surface area (Å²) >= 11 is 1.47. The van der Waals surface area contributed by atoms with Crippen LogP contribution in [0.4, 0.5) is 10.1 Å². The molecule has 0 aromatic heterocycles. The van der Waals surface area contributed by atoms with Crippen LogP contribution in [0.25, 0.3) is 0 Å². The minimum Gasteiger partial charge on any atom is -0.352 e. The van der Waals surface area contributed by atoms with Crippen molar-refractivity contribution in [3.8, 4) is 0 Å². The third-order valence-electron chi connectivity index (χ3n) is 4.96. The molecule has 0 radical (unpaired) electrons. The Bertz CT molecular complexity index is 1050. The number of rotatable bonds is 6. The number of halogens is 1. The van der Waals surface area contributed by atoms with Crippen molar-refractivity contribution in [2.24, 2.45) is 0 Å². The van der Waals surface area contributed by atoms with E-state index in [1.165, 1.54) is 23.9 Å². The van der Waals surface area contributed by atoms with Crippen LogP contribution in [-0.4, -0.2) is 24.1 Å². The quantitative estimate of drug-likeness (QED) is 0.642. The van der Waals surface area contributed by atoms with Crippen LogP contribution in [0, 0.1) is 5.82 Å². The van der Waals surface area contributed by atoms with Gasteiger partial charge in [0.05, 0.1) is 18.0 Å². The number of hydrogen-bond acceptors (Lipinski definition) is 3. The molecule has 4 nitrogen and oxygen atoms in total. The van der Waals surface area contributed by atoms with Gasteiger partial charge < -0.3 is 10.2 Å². The minimum absolute atomic E-state index is 0.0292. The molecule has 0 atom stereocenters. The van der Waals surface area contributed by atoms with Crippen LogP contribution in [0.1, 0.15) is 21.5 Å². The van der Waals surface area contributed by atoms with Crippen LogP contribution in [0.3, 0.4) is 0 Å². The number of nitrogens with one attached hydrogen (secondary N) is 1. The lowest BCUT2D eigenvalue weighted by Gasteiger charge is -2.29. The van der Waals surface area contributed by atoms with Crippen molar-refractivity contribution < 1.29 is 14.0 Å². The molecule has 6 heteroatoms. The molecule has 0 unspecified atom stereocenters. The number of carbonyl (C=O) groups excluding carboxylic acids is 2. The maximum absolute atomic E-state index is 13.2. The molecule has 1 heterocycles. The molecular weight excluding hydrogens is 399 g/mol. The van der Waals surface area contributed by atoms with Crippen LogP contribution in [0.15, 0.2) is 77.7 Å². The Morgan fingerprint density at radius 2 is 1.77 bits per heavy atom. The Kier molecular flexibility index (Phi) is 6.14. The highest BCUT2D eigenvalue weighted by atomic mass is 32.2. The van der Waals surface area contributed by atoms with Gasteiger partial charge in [-0.2, -0.15) is 0 Å². The van der Waals surface area contributed by atoms with Gasteiger partial charge in [-0.05, 0) is 47.9 Å². The summed E-state index contributed by atoms with van der Waals surface area (Å²) in [6.45, 7) is 0.874. The van der Waals surface area contributed by atoms with Gasteiger partial charge in [-0.25, -0.2) is 4.39 Å². The third kappa shape index (κ3) is 4.71. The third-order valence-corrected chi connectivity index (χ3v) is 6.01. The van der Waals surface area contributed by atoms with Crippen LogP contribution in [0.2, 0.25) is 0 Å². The number of fused-ring (bicyclic) bond motifs is 1. The normalized spacial score (nSPS) is 13.1. The smallest absolute Gasteiger partial charge is 0.251 e. The second-order valence-corrected chi connectivity index (χ2v) is 8.09. The highest BCUT2D eigenvalue weighted by Gasteiger charge is 2.26. The number of hydrogen-bond donors (Lipinski definition) is 1. The van der Waals surface area contributed by atoms with Gasteiger partial charge >= 0.3 is 0 Å². The van der Waals surface area contributed by atoms with E-state index in [1.54, 1.807) is 29.2 Å². The van der Waals surface area contributed by atoms with Gasteiger partial charge in [0.15, 0.2) is 0 Å². The molecule has 0 aliphatic carbocycles. The molecule has 152 valence electrons. The van der Waals surface area contributed by atoms with Crippen LogP contribution < -0.4 is 10.2 Å². The molecule has 30 heavy (non-hydrogen) atoms. The highest BCUT2D eigenvalue weighted by molar-refractivity contribution is 8.00. The van der Waals surface area contributed by atoms with Crippen LogP contribution in [-0.2, 0) is 17.8 Å². The van der Waals surface area contributed by atoms with Crippen LogP contribution in [0.5, 0.6) is 0 Å².